The largest absolute Gasteiger partial charge is 0.447 e. The maximum absolute atomic E-state index is 13.7. The van der Waals surface area contributed by atoms with E-state index in [1.54, 1.807) is 0 Å². The molecule has 4 heterocycles. The zero-order valence-electron chi connectivity index (χ0n) is 37.8. The van der Waals surface area contributed by atoms with Crippen LogP contribution in [0.25, 0.3) is 0 Å². The molecular weight excluding hydrogens is 823 g/mol. The number of hydrogen-bond acceptors (Lipinski definition) is 16. The highest BCUT2D eigenvalue weighted by Gasteiger charge is 2.32. The number of unbranched alkanes of at least 4 members (excludes halogenated alkanes) is 9. The third-order valence-corrected chi connectivity index (χ3v) is 11.4. The number of ether oxygens (including phenoxy) is 3. The molecule has 0 saturated carbocycles. The molecule has 9 atom stereocenters. The summed E-state index contributed by atoms with van der Waals surface area (Å²) in [4.78, 5) is 73.4. The summed E-state index contributed by atoms with van der Waals surface area (Å²) in [5.41, 5.74) is -0.514. The Morgan fingerprint density at radius 2 is 0.937 bits per heavy atom. The molecule has 4 rings (SSSR count). The predicted molar refractivity (Wildman–Crippen MR) is 232 cm³/mol. The van der Waals surface area contributed by atoms with Gasteiger partial charge < -0.3 is 49.9 Å². The average molecular weight is 898 g/mol. The first-order valence-electron chi connectivity index (χ1n) is 23.1. The van der Waals surface area contributed by atoms with Crippen LogP contribution in [-0.4, -0.2) is 179 Å². The minimum atomic E-state index is -0.773. The van der Waals surface area contributed by atoms with Crippen LogP contribution in [0.2, 0.25) is 0 Å². The van der Waals surface area contributed by atoms with Gasteiger partial charge in [-0.1, -0.05) is 38.5 Å². The first kappa shape index (κ1) is 51.6. The Kier molecular flexibility index (Phi) is 22.9. The van der Waals surface area contributed by atoms with Gasteiger partial charge in [0.1, 0.15) is 38.1 Å². The lowest BCUT2D eigenvalue weighted by molar-refractivity contribution is 0.0593. The maximum Gasteiger partial charge on any atom is 0.425 e. The first-order chi connectivity index (χ1) is 30.3. The van der Waals surface area contributed by atoms with Crippen LogP contribution in [0.1, 0.15) is 97.8 Å². The van der Waals surface area contributed by atoms with E-state index in [-0.39, 0.29) is 38.6 Å². The van der Waals surface area contributed by atoms with E-state index in [2.05, 4.69) is 56.4 Å². The number of nitrogens with one attached hydrogen (secondary N) is 3. The molecule has 3 amide bonds. The smallest absolute Gasteiger partial charge is 0.425 e. The summed E-state index contributed by atoms with van der Waals surface area (Å²) in [6, 6.07) is 1.38. The summed E-state index contributed by atoms with van der Waals surface area (Å²) >= 11 is 0. The Morgan fingerprint density at radius 1 is 0.587 bits per heavy atom. The molecule has 0 aromatic carbocycles. The summed E-state index contributed by atoms with van der Waals surface area (Å²) in [6.45, 7) is 12.3. The van der Waals surface area contributed by atoms with Crippen molar-refractivity contribution in [3.63, 3.8) is 0 Å². The first-order valence-corrected chi connectivity index (χ1v) is 23.1. The molecule has 0 aliphatic carbocycles. The Morgan fingerprint density at radius 3 is 1.32 bits per heavy atom. The topological polar surface area (TPSA) is 254 Å². The highest BCUT2D eigenvalue weighted by molar-refractivity contribution is 5.67. The van der Waals surface area contributed by atoms with Crippen molar-refractivity contribution in [2.45, 2.75) is 147 Å². The molecule has 6 N–H and O–H groups in total. The van der Waals surface area contributed by atoms with E-state index in [9.17, 15) is 39.3 Å². The van der Waals surface area contributed by atoms with Gasteiger partial charge in [0.2, 0.25) is 0 Å². The predicted octanol–water partition coefficient (Wildman–Crippen LogP) is 0.559. The average Bonchev–Trinajstić information content (AvgIpc) is 4.21. The third kappa shape index (κ3) is 21.5. The molecule has 21 nitrogen and oxygen atoms in total. The van der Waals surface area contributed by atoms with Crippen LogP contribution in [0.5, 0.6) is 0 Å². The number of aliphatic hydroxyl groups excluding tert-OH is 3. The number of amides is 3. The summed E-state index contributed by atoms with van der Waals surface area (Å²) in [6.07, 6.45) is 4.63. The van der Waals surface area contributed by atoms with Gasteiger partial charge in [-0.15, -0.1) is 0 Å². The molecule has 0 bridgehead atoms. The van der Waals surface area contributed by atoms with Gasteiger partial charge in [-0.3, -0.25) is 14.7 Å². The second-order valence-electron chi connectivity index (χ2n) is 17.3. The quantitative estimate of drug-likeness (QED) is 0.0320. The van der Waals surface area contributed by atoms with Crippen LogP contribution in [0.4, 0.5) is 14.4 Å². The molecule has 9 unspecified atom stereocenters. The minimum absolute atomic E-state index is 0.0228. The van der Waals surface area contributed by atoms with Crippen molar-refractivity contribution < 1.29 is 48.3 Å². The van der Waals surface area contributed by atoms with Crippen molar-refractivity contribution >= 4 is 18.3 Å². The normalized spacial score (nSPS) is 22.7. The van der Waals surface area contributed by atoms with Crippen molar-refractivity contribution in [3.8, 4) is 0 Å². The van der Waals surface area contributed by atoms with Gasteiger partial charge in [-0.05, 0) is 59.3 Å². The molecule has 3 aliphatic heterocycles. The molecule has 0 spiro atoms. The van der Waals surface area contributed by atoms with E-state index in [4.69, 9.17) is 18.6 Å². The van der Waals surface area contributed by atoms with Crippen LogP contribution in [0.15, 0.2) is 19.0 Å². The second-order valence-corrected chi connectivity index (χ2v) is 17.3. The Balaban J connectivity index is 1.15. The van der Waals surface area contributed by atoms with Gasteiger partial charge in [0.25, 0.3) is 0 Å². The van der Waals surface area contributed by atoms with E-state index in [1.807, 2.05) is 0 Å². The van der Waals surface area contributed by atoms with Gasteiger partial charge >= 0.3 is 35.4 Å². The zero-order valence-corrected chi connectivity index (χ0v) is 37.8. The molecule has 0 radical (unpaired) electrons. The number of nitrogens with zero attached hydrogens (tertiary/aromatic N) is 6. The van der Waals surface area contributed by atoms with E-state index in [0.29, 0.717) is 102 Å². The number of alkyl carbamates (subject to hydrolysis) is 3. The maximum atomic E-state index is 13.7. The van der Waals surface area contributed by atoms with E-state index >= 15 is 0 Å². The fourth-order valence-electron chi connectivity index (χ4n) is 7.10. The molecule has 1 aromatic rings. The van der Waals surface area contributed by atoms with Crippen molar-refractivity contribution in [1.29, 1.82) is 0 Å². The third-order valence-electron chi connectivity index (χ3n) is 11.4. The second kappa shape index (κ2) is 28.0. The monoisotopic (exact) mass is 898 g/mol. The van der Waals surface area contributed by atoms with Crippen molar-refractivity contribution in [2.24, 2.45) is 4.99 Å². The molecule has 3 saturated heterocycles. The molecule has 1 aromatic heterocycles. The molecule has 21 heteroatoms. The van der Waals surface area contributed by atoms with E-state index < -0.39 is 48.0 Å². The van der Waals surface area contributed by atoms with Crippen LogP contribution in [0, 0.1) is 0 Å². The van der Waals surface area contributed by atoms with E-state index in [1.165, 1.54) is 4.57 Å². The SMILES string of the molecule is CC1CN1CC(O)COC(=O)NCCCCCC/N=c1/oc(=O)n(CCCCCCNC(=O)OCC(O)CN2CC2C)c(=O)n1CCCCCCNC(=O)OCC(O)CN1CC1C. The number of aromatic nitrogens is 2. The number of hydrogen-bond donors (Lipinski definition) is 6. The number of carbonyl (C=O) groups excluding carboxylic acids is 3. The Labute approximate surface area is 370 Å². The molecule has 3 aliphatic rings. The lowest BCUT2D eigenvalue weighted by Crippen LogP contribution is -2.47. The van der Waals surface area contributed by atoms with Crippen LogP contribution in [0.3, 0.4) is 0 Å². The van der Waals surface area contributed by atoms with Gasteiger partial charge in [0, 0.05) is 96.7 Å². The number of rotatable bonds is 33. The highest BCUT2D eigenvalue weighted by Crippen LogP contribution is 2.17. The van der Waals surface area contributed by atoms with Crippen LogP contribution in [-0.2, 0) is 27.3 Å². The van der Waals surface area contributed by atoms with Gasteiger partial charge in [0.15, 0.2) is 0 Å². The van der Waals surface area contributed by atoms with Crippen molar-refractivity contribution in [2.75, 3.05) is 85.3 Å². The molecule has 3 fully saturated rings. The Hall–Kier alpha value is -4.02. The summed E-state index contributed by atoms with van der Waals surface area (Å²) in [5, 5.41) is 38.1. The summed E-state index contributed by atoms with van der Waals surface area (Å²) in [7, 11) is 0. The van der Waals surface area contributed by atoms with Gasteiger partial charge in [-0.2, -0.15) is 0 Å². The van der Waals surface area contributed by atoms with Crippen molar-refractivity contribution in [3.05, 3.63) is 26.7 Å². The molecular formula is C42H75N9O12. The highest BCUT2D eigenvalue weighted by atomic mass is 16.6. The van der Waals surface area contributed by atoms with Crippen molar-refractivity contribution in [1.82, 2.24) is 39.8 Å². The molecule has 63 heavy (non-hydrogen) atoms. The van der Waals surface area contributed by atoms with Crippen LogP contribution >= 0.6 is 0 Å². The number of aliphatic hydroxyl groups is 3. The van der Waals surface area contributed by atoms with Gasteiger partial charge in [0.05, 0.1) is 0 Å². The fraction of sp³-hybridized carbons (Fsp3) is 0.857. The minimum Gasteiger partial charge on any atom is -0.447 e. The lowest BCUT2D eigenvalue weighted by atomic mass is 10.2. The Bertz CT molecular complexity index is 1720. The number of β-amino-alcohol motifs (C(OH)–C–C–N with tert-alkyl or cyclic N) is 3. The molecule has 360 valence electrons. The summed E-state index contributed by atoms with van der Waals surface area (Å²) < 4.78 is 23.4. The van der Waals surface area contributed by atoms with Gasteiger partial charge in [-0.25, -0.2) is 38.1 Å². The van der Waals surface area contributed by atoms with E-state index in [0.717, 1.165) is 62.7 Å². The standard InChI is InChI=1S/C42H75N9O12/c1-31-22-47(31)25-34(52)28-60-38(55)44-17-11-5-4-10-16-43-37-50(20-14-8-6-12-18-45-39(56)61-29-35(53)26-48-23-32(48)2)41(58)51(42(59)63-37)21-15-9-7-13-19-46-40(57)62-30-36(54)27-49-24-33(49)3/h31-36,52-54H,4-30H2,1-3H3,(H,44,55)(H,45,56)(H,46,57)/b43-37+. The number of carbonyl (C=O) groups is 3. The zero-order chi connectivity index (χ0) is 45.6. The van der Waals surface area contributed by atoms with Crippen LogP contribution < -0.4 is 33.1 Å². The fourth-order valence-corrected chi connectivity index (χ4v) is 7.10. The lowest BCUT2D eigenvalue weighted by Gasteiger charge is -2.13. The summed E-state index contributed by atoms with van der Waals surface area (Å²) in [5.74, 6) is -0.773.